The molecule has 0 aromatic carbocycles. The second-order valence-corrected chi connectivity index (χ2v) is 9.23. The first kappa shape index (κ1) is 16.8. The molecule has 2 aliphatic rings. The van der Waals surface area contributed by atoms with Crippen molar-refractivity contribution in [2.45, 2.75) is 58.4 Å². The minimum atomic E-state index is -0.122. The van der Waals surface area contributed by atoms with Crippen molar-refractivity contribution in [3.05, 3.63) is 29.2 Å². The highest BCUT2D eigenvalue weighted by Gasteiger charge is 2.50. The van der Waals surface area contributed by atoms with Gasteiger partial charge in [-0.05, 0) is 25.2 Å². The van der Waals surface area contributed by atoms with Crippen molar-refractivity contribution in [3.8, 4) is 0 Å². The molecule has 1 N–H and O–H groups in total. The van der Waals surface area contributed by atoms with Gasteiger partial charge in [0.05, 0.1) is 18.6 Å². The zero-order chi connectivity index (χ0) is 18.8. The van der Waals surface area contributed by atoms with Gasteiger partial charge in [0, 0.05) is 24.4 Å². The molecule has 3 aromatic heterocycles. The van der Waals surface area contributed by atoms with E-state index in [0.29, 0.717) is 17.9 Å². The van der Waals surface area contributed by atoms with E-state index in [4.69, 9.17) is 19.6 Å². The molecule has 8 heteroatoms. The zero-order valence-electron chi connectivity index (χ0n) is 16.3. The average Bonchev–Trinajstić information content (AvgIpc) is 3.11. The van der Waals surface area contributed by atoms with Gasteiger partial charge in [0.15, 0.2) is 5.65 Å². The molecule has 0 bridgehead atoms. The van der Waals surface area contributed by atoms with Crippen molar-refractivity contribution in [1.82, 2.24) is 35.1 Å². The van der Waals surface area contributed by atoms with Crippen LogP contribution in [0.5, 0.6) is 0 Å². The molecular formula is C19H25N7O. The number of nitrogens with one attached hydrogen (secondary N) is 1. The predicted octanol–water partition coefficient (Wildman–Crippen LogP) is 2.33. The van der Waals surface area contributed by atoms with Gasteiger partial charge < -0.3 is 9.88 Å². The third-order valence-corrected chi connectivity index (χ3v) is 5.97. The molecule has 3 aromatic rings. The highest BCUT2D eigenvalue weighted by molar-refractivity contribution is 5.74. The van der Waals surface area contributed by atoms with Crippen molar-refractivity contribution >= 4 is 11.2 Å². The Hall–Kier alpha value is -2.35. The first-order chi connectivity index (χ1) is 12.8. The van der Waals surface area contributed by atoms with Crippen molar-refractivity contribution < 1.29 is 4.63 Å². The fraction of sp³-hybridized carbons (Fsp3) is 0.632. The minimum Gasteiger partial charge on any atom is -0.316 e. The molecule has 1 saturated carbocycles. The maximum atomic E-state index is 4.99. The van der Waals surface area contributed by atoms with Gasteiger partial charge in [-0.3, -0.25) is 0 Å². The lowest BCUT2D eigenvalue weighted by Gasteiger charge is -2.54. The summed E-state index contributed by atoms with van der Waals surface area (Å²) in [6.45, 7) is 11.2. The normalized spacial score (nSPS) is 19.4. The summed E-state index contributed by atoms with van der Waals surface area (Å²) in [6, 6.07) is 0. The van der Waals surface area contributed by atoms with E-state index in [1.54, 1.807) is 0 Å². The molecule has 1 spiro atoms. The first-order valence-corrected chi connectivity index (χ1v) is 9.57. The first-order valence-electron chi connectivity index (χ1n) is 9.57. The minimum absolute atomic E-state index is 0.122. The van der Waals surface area contributed by atoms with E-state index < -0.39 is 0 Å². The van der Waals surface area contributed by atoms with Gasteiger partial charge >= 0.3 is 0 Å². The van der Waals surface area contributed by atoms with Crippen LogP contribution in [0.2, 0.25) is 0 Å². The number of hydrogen-bond acceptors (Lipinski definition) is 7. The van der Waals surface area contributed by atoms with Gasteiger partial charge in [0.2, 0.25) is 0 Å². The molecule has 8 nitrogen and oxygen atoms in total. The number of fused-ring (bicyclic) bond motifs is 1. The maximum absolute atomic E-state index is 4.99. The number of rotatable bonds is 3. The number of nitrogens with zero attached hydrogens (tertiary/aromatic N) is 6. The Morgan fingerprint density at radius 3 is 2.59 bits per heavy atom. The van der Waals surface area contributed by atoms with Crippen LogP contribution in [0.25, 0.3) is 11.2 Å². The van der Waals surface area contributed by atoms with Crippen molar-refractivity contribution in [2.75, 3.05) is 13.1 Å². The number of imidazole rings is 1. The van der Waals surface area contributed by atoms with E-state index in [1.165, 1.54) is 12.8 Å². The number of aromatic nitrogens is 6. The molecule has 1 aliphatic heterocycles. The van der Waals surface area contributed by atoms with Crippen LogP contribution in [0.1, 0.15) is 62.4 Å². The Labute approximate surface area is 157 Å². The summed E-state index contributed by atoms with van der Waals surface area (Å²) in [5, 5.41) is 11.3. The van der Waals surface area contributed by atoms with Crippen LogP contribution in [0.15, 0.2) is 11.0 Å². The summed E-state index contributed by atoms with van der Waals surface area (Å²) in [5.41, 5.74) is 4.87. The third-order valence-electron chi connectivity index (χ3n) is 5.97. The molecule has 1 aliphatic carbocycles. The molecule has 0 amide bonds. The van der Waals surface area contributed by atoms with Crippen LogP contribution in [-0.4, -0.2) is 42.9 Å². The second kappa shape index (κ2) is 5.58. The maximum Gasteiger partial charge on any atom is 0.164 e. The predicted molar refractivity (Wildman–Crippen MR) is 99.4 cm³/mol. The summed E-state index contributed by atoms with van der Waals surface area (Å²) in [6.07, 6.45) is 4.21. The third kappa shape index (κ3) is 2.65. The van der Waals surface area contributed by atoms with E-state index in [2.05, 4.69) is 36.4 Å². The van der Waals surface area contributed by atoms with Crippen molar-refractivity contribution in [1.29, 1.82) is 0 Å². The standard InChI is InChI=1S/C19H25N7O/c1-11-13(25-27-24-11)7-26-10-21-15-14(12-5-19(6-12)8-20-9-19)22-17(18(2,3)4)23-16(15)26/h10,12,20H,5-9H2,1-4H3. The van der Waals surface area contributed by atoms with Crippen LogP contribution in [0.4, 0.5) is 0 Å². The lowest BCUT2D eigenvalue weighted by molar-refractivity contribution is 0.0351. The molecule has 142 valence electrons. The molecular weight excluding hydrogens is 342 g/mol. The highest BCUT2D eigenvalue weighted by Crippen LogP contribution is 2.53. The Kier molecular flexibility index (Phi) is 3.47. The molecule has 0 unspecified atom stereocenters. The fourth-order valence-electron chi connectivity index (χ4n) is 4.20. The van der Waals surface area contributed by atoms with Gasteiger partial charge in [-0.15, -0.1) is 0 Å². The summed E-state index contributed by atoms with van der Waals surface area (Å²) in [4.78, 5) is 14.6. The number of hydrogen-bond donors (Lipinski definition) is 1. The van der Waals surface area contributed by atoms with E-state index in [0.717, 1.165) is 47.2 Å². The van der Waals surface area contributed by atoms with Crippen LogP contribution >= 0.6 is 0 Å². The average molecular weight is 367 g/mol. The SMILES string of the molecule is Cc1nonc1Cn1cnc2c(C3CC4(CNC4)C3)nc(C(C)(C)C)nc21. The molecule has 0 atom stereocenters. The summed E-state index contributed by atoms with van der Waals surface area (Å²) in [7, 11) is 0. The van der Waals surface area contributed by atoms with Crippen molar-refractivity contribution in [3.63, 3.8) is 0 Å². The van der Waals surface area contributed by atoms with Gasteiger partial charge in [-0.2, -0.15) is 0 Å². The van der Waals surface area contributed by atoms with Crippen LogP contribution in [0, 0.1) is 12.3 Å². The Morgan fingerprint density at radius 2 is 2.00 bits per heavy atom. The summed E-state index contributed by atoms with van der Waals surface area (Å²) >= 11 is 0. The van der Waals surface area contributed by atoms with Gasteiger partial charge in [-0.1, -0.05) is 31.1 Å². The van der Waals surface area contributed by atoms with Gasteiger partial charge in [0.1, 0.15) is 22.7 Å². The monoisotopic (exact) mass is 367 g/mol. The summed E-state index contributed by atoms with van der Waals surface area (Å²) in [5.74, 6) is 1.34. The fourth-order valence-corrected chi connectivity index (χ4v) is 4.20. The summed E-state index contributed by atoms with van der Waals surface area (Å²) < 4.78 is 6.87. The topological polar surface area (TPSA) is 94.5 Å². The van der Waals surface area contributed by atoms with Crippen LogP contribution < -0.4 is 5.32 Å². The molecule has 1 saturated heterocycles. The smallest absolute Gasteiger partial charge is 0.164 e. The van der Waals surface area contributed by atoms with E-state index >= 15 is 0 Å². The van der Waals surface area contributed by atoms with E-state index in [9.17, 15) is 0 Å². The Bertz CT molecular complexity index is 1000. The van der Waals surface area contributed by atoms with Gasteiger partial charge in [0.25, 0.3) is 0 Å². The molecule has 4 heterocycles. The largest absolute Gasteiger partial charge is 0.316 e. The quantitative estimate of drug-likeness (QED) is 0.759. The molecule has 0 radical (unpaired) electrons. The lowest BCUT2D eigenvalue weighted by atomic mass is 9.57. The van der Waals surface area contributed by atoms with Gasteiger partial charge in [-0.25, -0.2) is 19.6 Å². The van der Waals surface area contributed by atoms with E-state index in [-0.39, 0.29) is 5.41 Å². The highest BCUT2D eigenvalue weighted by atomic mass is 16.6. The second-order valence-electron chi connectivity index (χ2n) is 9.23. The molecule has 27 heavy (non-hydrogen) atoms. The van der Waals surface area contributed by atoms with Crippen LogP contribution in [0.3, 0.4) is 0 Å². The number of aryl methyl sites for hydroxylation is 1. The molecule has 5 rings (SSSR count). The Balaban J connectivity index is 1.58. The molecule has 2 fully saturated rings. The van der Waals surface area contributed by atoms with Crippen molar-refractivity contribution in [2.24, 2.45) is 5.41 Å². The zero-order valence-corrected chi connectivity index (χ0v) is 16.3. The van der Waals surface area contributed by atoms with E-state index in [1.807, 2.05) is 17.8 Å². The Morgan fingerprint density at radius 1 is 1.22 bits per heavy atom. The lowest BCUT2D eigenvalue weighted by Crippen LogP contribution is -2.59. The van der Waals surface area contributed by atoms with Crippen LogP contribution in [-0.2, 0) is 12.0 Å².